The second-order valence-corrected chi connectivity index (χ2v) is 8.89. The first-order valence-corrected chi connectivity index (χ1v) is 11.0. The van der Waals surface area contributed by atoms with E-state index in [2.05, 4.69) is 15.9 Å². The van der Waals surface area contributed by atoms with Gasteiger partial charge in [-0.3, -0.25) is 4.79 Å². The van der Waals surface area contributed by atoms with Gasteiger partial charge in [0.15, 0.2) is 6.10 Å². The highest BCUT2D eigenvalue weighted by atomic mass is 79.9. The second kappa shape index (κ2) is 9.45. The Morgan fingerprint density at radius 3 is 1.96 bits per heavy atom. The summed E-state index contributed by atoms with van der Waals surface area (Å²) in [5.41, 5.74) is 0.609. The van der Waals surface area contributed by atoms with Gasteiger partial charge in [-0.1, -0.05) is 41.9 Å². The Kier molecular flexibility index (Phi) is 7.51. The number of ketones is 1. The van der Waals surface area contributed by atoms with Crippen molar-refractivity contribution < 1.29 is 22.7 Å². The van der Waals surface area contributed by atoms with E-state index in [0.29, 0.717) is 18.7 Å². The number of halogens is 1. The van der Waals surface area contributed by atoms with Crippen molar-refractivity contribution in [3.05, 3.63) is 64.1 Å². The van der Waals surface area contributed by atoms with E-state index in [1.165, 1.54) is 35.5 Å². The van der Waals surface area contributed by atoms with Crippen molar-refractivity contribution >= 4 is 37.7 Å². The Balaban J connectivity index is 2.10. The lowest BCUT2D eigenvalue weighted by Gasteiger charge is -2.18. The van der Waals surface area contributed by atoms with Crippen molar-refractivity contribution in [1.82, 2.24) is 4.31 Å². The van der Waals surface area contributed by atoms with Gasteiger partial charge >= 0.3 is 5.97 Å². The van der Waals surface area contributed by atoms with Gasteiger partial charge in [0.1, 0.15) is 0 Å². The van der Waals surface area contributed by atoms with Crippen molar-refractivity contribution in [3.8, 4) is 0 Å². The van der Waals surface area contributed by atoms with Gasteiger partial charge in [-0.15, -0.1) is 0 Å². The van der Waals surface area contributed by atoms with Gasteiger partial charge in [0.05, 0.1) is 10.5 Å². The van der Waals surface area contributed by atoms with Gasteiger partial charge in [0.2, 0.25) is 15.8 Å². The molecule has 0 aliphatic carbocycles. The number of hydrogen-bond acceptors (Lipinski definition) is 5. The van der Waals surface area contributed by atoms with E-state index in [9.17, 15) is 18.0 Å². The molecule has 28 heavy (non-hydrogen) atoms. The quantitative estimate of drug-likeness (QED) is 0.434. The number of Topliss-reactive ketones (excluding diaryl/α,β-unsaturated/α-hetero) is 1. The molecule has 0 amide bonds. The van der Waals surface area contributed by atoms with E-state index < -0.39 is 22.1 Å². The molecule has 0 saturated carbocycles. The minimum Gasteiger partial charge on any atom is -0.451 e. The third kappa shape index (κ3) is 5.06. The summed E-state index contributed by atoms with van der Waals surface area (Å²) >= 11 is 3.30. The van der Waals surface area contributed by atoms with Crippen LogP contribution in [0.4, 0.5) is 0 Å². The number of sulfonamides is 1. The zero-order valence-electron chi connectivity index (χ0n) is 15.9. The molecule has 8 heteroatoms. The first-order valence-electron chi connectivity index (χ1n) is 8.81. The first kappa shape index (κ1) is 22.3. The summed E-state index contributed by atoms with van der Waals surface area (Å²) in [4.78, 5) is 24.8. The molecule has 0 aliphatic heterocycles. The Morgan fingerprint density at radius 2 is 1.46 bits per heavy atom. The largest absolute Gasteiger partial charge is 0.451 e. The summed E-state index contributed by atoms with van der Waals surface area (Å²) in [5, 5.41) is 0. The van der Waals surface area contributed by atoms with Crippen molar-refractivity contribution in [2.24, 2.45) is 0 Å². The molecule has 6 nitrogen and oxygen atoms in total. The Hall–Kier alpha value is -2.03. The van der Waals surface area contributed by atoms with Crippen molar-refractivity contribution in [2.75, 3.05) is 13.1 Å². The molecule has 0 fully saturated rings. The molecule has 0 N–H and O–H groups in total. The molecule has 1 unspecified atom stereocenters. The third-order valence-electron chi connectivity index (χ3n) is 4.21. The van der Waals surface area contributed by atoms with Gasteiger partial charge < -0.3 is 4.74 Å². The number of esters is 1. The van der Waals surface area contributed by atoms with Crippen molar-refractivity contribution in [1.29, 1.82) is 0 Å². The molecule has 1 atom stereocenters. The molecular formula is C20H22BrNO5S. The molecule has 0 aliphatic rings. The number of benzene rings is 2. The Bertz CT molecular complexity index is 936. The van der Waals surface area contributed by atoms with Crippen LogP contribution in [0.5, 0.6) is 0 Å². The predicted molar refractivity (Wildman–Crippen MR) is 110 cm³/mol. The van der Waals surface area contributed by atoms with E-state index >= 15 is 0 Å². The van der Waals surface area contributed by atoms with Crippen molar-refractivity contribution in [2.45, 2.75) is 31.8 Å². The molecule has 0 spiro atoms. The van der Waals surface area contributed by atoms with Crippen LogP contribution in [-0.2, 0) is 14.8 Å². The zero-order chi connectivity index (χ0) is 20.9. The molecule has 2 aromatic rings. The van der Waals surface area contributed by atoms with Crippen LogP contribution in [-0.4, -0.2) is 43.7 Å². The van der Waals surface area contributed by atoms with Crippen LogP contribution in [0.2, 0.25) is 0 Å². The van der Waals surface area contributed by atoms with Gasteiger partial charge in [-0.05, 0) is 43.3 Å². The fourth-order valence-corrected chi connectivity index (χ4v) is 4.33. The standard InChI is InChI=1S/C20H22BrNO5S/c1-4-22(5-2)28(25,26)18-12-8-16(9-13-18)20(24)27-14(3)19(23)15-6-10-17(21)11-7-15/h6-14H,4-5H2,1-3H3. The number of carbonyl (C=O) groups excluding carboxylic acids is 2. The highest BCUT2D eigenvalue weighted by Crippen LogP contribution is 2.18. The number of nitrogens with zero attached hydrogens (tertiary/aromatic N) is 1. The summed E-state index contributed by atoms with van der Waals surface area (Å²) in [6, 6.07) is 12.3. The van der Waals surface area contributed by atoms with Crippen LogP contribution < -0.4 is 0 Å². The normalized spacial score (nSPS) is 12.6. The van der Waals surface area contributed by atoms with E-state index in [1.807, 2.05) is 0 Å². The molecule has 0 aromatic heterocycles. The molecule has 2 rings (SSSR count). The number of hydrogen-bond donors (Lipinski definition) is 0. The van der Waals surface area contributed by atoms with Crippen LogP contribution in [0, 0.1) is 0 Å². The maximum atomic E-state index is 12.5. The Labute approximate surface area is 173 Å². The van der Waals surface area contributed by atoms with E-state index in [4.69, 9.17) is 4.74 Å². The second-order valence-electron chi connectivity index (χ2n) is 6.03. The summed E-state index contributed by atoms with van der Waals surface area (Å²) in [5.74, 6) is -1.01. The minimum atomic E-state index is -3.60. The first-order chi connectivity index (χ1) is 13.2. The fourth-order valence-electron chi connectivity index (χ4n) is 2.61. The maximum absolute atomic E-state index is 12.5. The highest BCUT2D eigenvalue weighted by molar-refractivity contribution is 9.10. The Morgan fingerprint density at radius 1 is 0.964 bits per heavy atom. The zero-order valence-corrected chi connectivity index (χ0v) is 18.3. The average molecular weight is 468 g/mol. The lowest BCUT2D eigenvalue weighted by molar-refractivity contribution is 0.0318. The van der Waals surface area contributed by atoms with Gasteiger partial charge in [-0.2, -0.15) is 4.31 Å². The molecule has 0 radical (unpaired) electrons. The monoisotopic (exact) mass is 467 g/mol. The van der Waals surface area contributed by atoms with Crippen LogP contribution in [0.3, 0.4) is 0 Å². The van der Waals surface area contributed by atoms with E-state index in [-0.39, 0.29) is 16.2 Å². The highest BCUT2D eigenvalue weighted by Gasteiger charge is 2.23. The summed E-state index contributed by atoms with van der Waals surface area (Å²) < 4.78 is 32.4. The maximum Gasteiger partial charge on any atom is 0.338 e. The van der Waals surface area contributed by atoms with E-state index in [0.717, 1.165) is 4.47 Å². The fraction of sp³-hybridized carbons (Fsp3) is 0.300. The van der Waals surface area contributed by atoms with Crippen molar-refractivity contribution in [3.63, 3.8) is 0 Å². The number of ether oxygens (including phenoxy) is 1. The third-order valence-corrected chi connectivity index (χ3v) is 6.81. The summed E-state index contributed by atoms with van der Waals surface area (Å²) in [6.45, 7) is 5.74. The molecular weight excluding hydrogens is 446 g/mol. The lowest BCUT2D eigenvalue weighted by atomic mass is 10.1. The average Bonchev–Trinajstić information content (AvgIpc) is 2.68. The van der Waals surface area contributed by atoms with Crippen LogP contribution in [0.25, 0.3) is 0 Å². The lowest BCUT2D eigenvalue weighted by Crippen LogP contribution is -2.30. The molecule has 0 bridgehead atoms. The van der Waals surface area contributed by atoms with Gasteiger partial charge in [0, 0.05) is 23.1 Å². The summed E-state index contributed by atoms with van der Waals surface area (Å²) in [6.07, 6.45) is -0.965. The number of rotatable bonds is 8. The van der Waals surface area contributed by atoms with Gasteiger partial charge in [-0.25, -0.2) is 13.2 Å². The topological polar surface area (TPSA) is 80.8 Å². The van der Waals surface area contributed by atoms with Crippen LogP contribution in [0.1, 0.15) is 41.5 Å². The minimum absolute atomic E-state index is 0.103. The van der Waals surface area contributed by atoms with E-state index in [1.54, 1.807) is 38.1 Å². The SMILES string of the molecule is CCN(CC)S(=O)(=O)c1ccc(C(=O)OC(C)C(=O)c2ccc(Br)cc2)cc1. The number of carbonyl (C=O) groups is 2. The van der Waals surface area contributed by atoms with Crippen LogP contribution >= 0.6 is 15.9 Å². The molecule has 150 valence electrons. The molecule has 2 aromatic carbocycles. The van der Waals surface area contributed by atoms with Gasteiger partial charge in [0.25, 0.3) is 0 Å². The van der Waals surface area contributed by atoms with Crippen LogP contribution in [0.15, 0.2) is 57.9 Å². The smallest absolute Gasteiger partial charge is 0.338 e. The molecule has 0 heterocycles. The summed E-state index contributed by atoms with van der Waals surface area (Å²) in [7, 11) is -3.60. The predicted octanol–water partition coefficient (Wildman–Crippen LogP) is 3.91. The molecule has 0 saturated heterocycles.